The fourth-order valence-electron chi connectivity index (χ4n) is 3.44. The standard InChI is InChI=1S/C21H16Cl2F3NO5S/c22-10-2-1-9(5-11(10)23)33-21-19(30)16(18(29)15(6-28)32-21)20-27-14(7-31-20)8-3-12(24)17(26)13(25)4-8/h1-5,7,15-16,18-19,21,28-30H,6H2/t15-,16+,18+,19-,21-/m1/s1. The monoisotopic (exact) mass is 521 g/mol. The molecule has 0 spiro atoms. The molecular formula is C21H16Cl2F3NO5S. The maximum Gasteiger partial charge on any atom is 0.203 e. The number of aliphatic hydroxyl groups is 3. The number of halogens is 5. The van der Waals surface area contributed by atoms with Crippen molar-refractivity contribution in [1.29, 1.82) is 0 Å². The van der Waals surface area contributed by atoms with Gasteiger partial charge >= 0.3 is 0 Å². The number of aromatic nitrogens is 1. The van der Waals surface area contributed by atoms with Gasteiger partial charge in [0, 0.05) is 10.5 Å². The van der Waals surface area contributed by atoms with E-state index in [2.05, 4.69) is 4.98 Å². The van der Waals surface area contributed by atoms with Crippen LogP contribution in [0.2, 0.25) is 10.0 Å². The highest BCUT2D eigenvalue weighted by atomic mass is 35.5. The topological polar surface area (TPSA) is 96.0 Å². The molecule has 0 unspecified atom stereocenters. The second-order valence-electron chi connectivity index (χ2n) is 7.25. The number of hydrogen-bond donors (Lipinski definition) is 3. The number of oxazole rings is 1. The summed E-state index contributed by atoms with van der Waals surface area (Å²) in [4.78, 5) is 4.73. The molecule has 0 amide bonds. The fraction of sp³-hybridized carbons (Fsp3) is 0.286. The summed E-state index contributed by atoms with van der Waals surface area (Å²) in [5, 5.41) is 31.9. The third-order valence-electron chi connectivity index (χ3n) is 5.11. The first kappa shape index (κ1) is 24.3. The Bertz CT molecular complexity index is 1140. The Balaban J connectivity index is 1.63. The van der Waals surface area contributed by atoms with Gasteiger partial charge in [0.1, 0.15) is 29.6 Å². The van der Waals surface area contributed by atoms with Gasteiger partial charge in [0.05, 0.1) is 28.7 Å². The second kappa shape index (κ2) is 9.83. The number of thioether (sulfide) groups is 1. The zero-order valence-corrected chi connectivity index (χ0v) is 18.8. The lowest BCUT2D eigenvalue weighted by atomic mass is 9.89. The first-order valence-corrected chi connectivity index (χ1v) is 11.2. The fourth-order valence-corrected chi connectivity index (χ4v) is 4.91. The van der Waals surface area contributed by atoms with Gasteiger partial charge in [-0.3, -0.25) is 0 Å². The van der Waals surface area contributed by atoms with E-state index in [1.165, 1.54) is 0 Å². The van der Waals surface area contributed by atoms with Crippen LogP contribution in [0.1, 0.15) is 11.8 Å². The summed E-state index contributed by atoms with van der Waals surface area (Å²) in [5.41, 5.74) is -1.11. The molecule has 1 saturated heterocycles. The van der Waals surface area contributed by atoms with Crippen molar-refractivity contribution >= 4 is 35.0 Å². The van der Waals surface area contributed by atoms with Crippen LogP contribution >= 0.6 is 35.0 Å². The zero-order valence-electron chi connectivity index (χ0n) is 16.5. The Morgan fingerprint density at radius 3 is 2.33 bits per heavy atom. The van der Waals surface area contributed by atoms with E-state index in [1.807, 2.05) is 0 Å². The third-order valence-corrected chi connectivity index (χ3v) is 7.00. The minimum absolute atomic E-state index is 0.0390. The molecule has 0 saturated carbocycles. The molecule has 3 aromatic rings. The van der Waals surface area contributed by atoms with E-state index < -0.39 is 53.7 Å². The van der Waals surface area contributed by atoms with Crippen molar-refractivity contribution < 1.29 is 37.6 Å². The van der Waals surface area contributed by atoms with Crippen molar-refractivity contribution in [1.82, 2.24) is 4.98 Å². The SMILES string of the molecule is OC[C@H]1O[C@H](Sc2ccc(Cl)c(Cl)c2)[C@H](O)[C@@H](c2nc(-c3cc(F)c(F)c(F)c3)co2)[C@H]1O. The van der Waals surface area contributed by atoms with Crippen LogP contribution in [-0.2, 0) is 4.74 Å². The Morgan fingerprint density at radius 2 is 1.70 bits per heavy atom. The van der Waals surface area contributed by atoms with Gasteiger partial charge in [-0.2, -0.15) is 0 Å². The lowest BCUT2D eigenvalue weighted by Crippen LogP contribution is -2.53. The predicted octanol–water partition coefficient (Wildman–Crippen LogP) is 4.38. The molecule has 0 radical (unpaired) electrons. The molecule has 33 heavy (non-hydrogen) atoms. The van der Waals surface area contributed by atoms with Gasteiger partial charge < -0.3 is 24.5 Å². The van der Waals surface area contributed by atoms with Crippen molar-refractivity contribution in [2.24, 2.45) is 0 Å². The van der Waals surface area contributed by atoms with E-state index in [4.69, 9.17) is 32.4 Å². The number of rotatable bonds is 5. The molecule has 1 aromatic heterocycles. The molecule has 1 aliphatic heterocycles. The molecule has 0 aliphatic carbocycles. The van der Waals surface area contributed by atoms with Crippen molar-refractivity contribution in [3.8, 4) is 11.3 Å². The van der Waals surface area contributed by atoms with Crippen LogP contribution in [0.25, 0.3) is 11.3 Å². The van der Waals surface area contributed by atoms with Gasteiger partial charge in [-0.25, -0.2) is 18.2 Å². The van der Waals surface area contributed by atoms with Crippen LogP contribution in [0.5, 0.6) is 0 Å². The summed E-state index contributed by atoms with van der Waals surface area (Å²) in [6.07, 6.45) is -2.81. The number of benzene rings is 2. The second-order valence-corrected chi connectivity index (χ2v) is 9.24. The highest BCUT2D eigenvalue weighted by molar-refractivity contribution is 7.99. The molecule has 2 aromatic carbocycles. The summed E-state index contributed by atoms with van der Waals surface area (Å²) >= 11 is 13.0. The minimum atomic E-state index is -1.62. The van der Waals surface area contributed by atoms with E-state index in [9.17, 15) is 28.5 Å². The summed E-state index contributed by atoms with van der Waals surface area (Å²) in [6, 6.07) is 6.29. The van der Waals surface area contributed by atoms with Crippen LogP contribution in [0, 0.1) is 17.5 Å². The Kier molecular flexibility index (Phi) is 7.25. The van der Waals surface area contributed by atoms with Crippen LogP contribution in [0.3, 0.4) is 0 Å². The predicted molar refractivity (Wildman–Crippen MR) is 115 cm³/mol. The molecule has 1 fully saturated rings. The number of nitrogens with zero attached hydrogens (tertiary/aromatic N) is 1. The van der Waals surface area contributed by atoms with Gasteiger partial charge in [-0.1, -0.05) is 35.0 Å². The molecule has 5 atom stereocenters. The third kappa shape index (κ3) is 4.88. The van der Waals surface area contributed by atoms with Crippen molar-refractivity contribution in [3.05, 3.63) is 70.0 Å². The van der Waals surface area contributed by atoms with Gasteiger partial charge in [0.2, 0.25) is 5.89 Å². The normalized spacial score (nSPS) is 25.4. The first-order chi connectivity index (χ1) is 15.7. The van der Waals surface area contributed by atoms with Crippen LogP contribution in [0.4, 0.5) is 13.2 Å². The molecule has 6 nitrogen and oxygen atoms in total. The van der Waals surface area contributed by atoms with Gasteiger partial charge in [0.15, 0.2) is 17.5 Å². The Hall–Kier alpha value is -1.79. The van der Waals surface area contributed by atoms with Crippen LogP contribution in [-0.4, -0.2) is 50.7 Å². The van der Waals surface area contributed by atoms with Gasteiger partial charge in [-0.05, 0) is 30.3 Å². The van der Waals surface area contributed by atoms with Crippen molar-refractivity contribution in [2.75, 3.05) is 6.61 Å². The molecular weight excluding hydrogens is 506 g/mol. The Labute approximate surface area is 199 Å². The molecule has 1 aliphatic rings. The lowest BCUT2D eigenvalue weighted by molar-refractivity contribution is -0.166. The lowest BCUT2D eigenvalue weighted by Gasteiger charge is -2.40. The average Bonchev–Trinajstić information content (AvgIpc) is 3.26. The van der Waals surface area contributed by atoms with Crippen LogP contribution < -0.4 is 0 Å². The summed E-state index contributed by atoms with van der Waals surface area (Å²) < 4.78 is 51.5. The number of hydrogen-bond acceptors (Lipinski definition) is 7. The quantitative estimate of drug-likeness (QED) is 0.428. The summed E-state index contributed by atoms with van der Waals surface area (Å²) in [5.74, 6) is -5.74. The highest BCUT2D eigenvalue weighted by Crippen LogP contribution is 2.41. The largest absolute Gasteiger partial charge is 0.448 e. The molecule has 4 rings (SSSR count). The molecule has 2 heterocycles. The first-order valence-electron chi connectivity index (χ1n) is 9.54. The minimum Gasteiger partial charge on any atom is -0.448 e. The van der Waals surface area contributed by atoms with Gasteiger partial charge in [-0.15, -0.1) is 0 Å². The summed E-state index contributed by atoms with van der Waals surface area (Å²) in [7, 11) is 0. The number of aliphatic hydroxyl groups excluding tert-OH is 3. The zero-order chi connectivity index (χ0) is 23.9. The van der Waals surface area contributed by atoms with Crippen molar-refractivity contribution in [3.63, 3.8) is 0 Å². The van der Waals surface area contributed by atoms with Crippen LogP contribution in [0.15, 0.2) is 45.9 Å². The summed E-state index contributed by atoms with van der Waals surface area (Å²) in [6.45, 7) is -0.565. The molecule has 12 heteroatoms. The molecule has 0 bridgehead atoms. The van der Waals surface area contributed by atoms with E-state index >= 15 is 0 Å². The van der Waals surface area contributed by atoms with Gasteiger partial charge in [0.25, 0.3) is 0 Å². The van der Waals surface area contributed by atoms with E-state index in [0.29, 0.717) is 14.9 Å². The Morgan fingerprint density at radius 1 is 1.00 bits per heavy atom. The number of ether oxygens (including phenoxy) is 1. The smallest absolute Gasteiger partial charge is 0.203 e. The maximum absolute atomic E-state index is 13.6. The highest BCUT2D eigenvalue weighted by Gasteiger charge is 2.47. The maximum atomic E-state index is 13.6. The average molecular weight is 522 g/mol. The van der Waals surface area contributed by atoms with E-state index in [0.717, 1.165) is 30.2 Å². The van der Waals surface area contributed by atoms with E-state index in [1.54, 1.807) is 18.2 Å². The van der Waals surface area contributed by atoms with E-state index in [-0.39, 0.29) is 17.1 Å². The molecule has 176 valence electrons. The van der Waals surface area contributed by atoms with Crippen molar-refractivity contribution in [2.45, 2.75) is 34.6 Å². The molecule has 3 N–H and O–H groups in total.